The van der Waals surface area contributed by atoms with Gasteiger partial charge in [0.05, 0.1) is 86.0 Å². The number of carbonyl (C=O) groups is 2. The van der Waals surface area contributed by atoms with Gasteiger partial charge >= 0.3 is 0 Å². The van der Waals surface area contributed by atoms with Crippen LogP contribution in [-0.4, -0.2) is 214 Å². The quantitative estimate of drug-likeness (QED) is 0.0153. The second-order valence-electron chi connectivity index (χ2n) is 18.7. The number of nitrogens with one attached hydrogen (secondary N) is 2. The molecule has 1 aliphatic rings. The molecule has 0 aliphatic carbocycles. The van der Waals surface area contributed by atoms with Crippen molar-refractivity contribution in [3.8, 4) is 46.0 Å². The van der Waals surface area contributed by atoms with Crippen LogP contribution in [0.2, 0.25) is 20.6 Å². The number of halogens is 4. The van der Waals surface area contributed by atoms with E-state index < -0.39 is 11.7 Å². The van der Waals surface area contributed by atoms with Gasteiger partial charge in [-0.15, -0.1) is 10.2 Å². The number of ether oxygens (including phenoxy) is 16. The van der Waals surface area contributed by atoms with Crippen LogP contribution in [-0.2, 0) is 53.9 Å². The molecule has 1 amide bonds. The van der Waals surface area contributed by atoms with Crippen molar-refractivity contribution in [1.29, 1.82) is 0 Å². The molecule has 9 rings (SSSR count). The fraction of sp³-hybridized carbons (Fsp3) is 0.441. The summed E-state index contributed by atoms with van der Waals surface area (Å²) in [7, 11) is 12.8. The van der Waals surface area contributed by atoms with Crippen LogP contribution < -0.4 is 54.5 Å². The Bertz CT molecular complexity index is 3570. The first kappa shape index (κ1) is 73.6. The van der Waals surface area contributed by atoms with Gasteiger partial charge < -0.3 is 86.5 Å². The standard InChI is InChI=1S/C16H19ClN4O4.C15H19NO6.C14H16Cl2N2O4.C14H19ClN4O4/c1-10-19-20-16-15(17)18-11-8-13(24-6-4-22-2)14(25-7-5-23-3)9-12(11)21(10)16;1-19-3-5-21-13-8-10-7-12(17)15(18)16-11(10)9-14(13)22-6-4-20-2;1-19-3-5-21-11-7-9-10(18-14(16)13(15)17-9)8-12(11)22-6-4-20-2;1-20-3-5-22-11-7-9-10(8-12(11)23-6-4-21-2)18-14(19-16)13(15)17-9/h8-9H,4-7H2,1-3H3;8-9H,3-7H2,1-2H3,(H,16,18);7-8H,3-6H2,1-2H3;7-8H,3-6,16H2,1-2H3,(H,18,19). The molecule has 0 atom stereocenters. The van der Waals surface area contributed by atoms with Crippen LogP contribution in [0.15, 0.2) is 48.5 Å². The number of aryl methyl sites for hydroxylation is 1. The second kappa shape index (κ2) is 39.1. The van der Waals surface area contributed by atoms with Gasteiger partial charge in [-0.3, -0.25) is 14.0 Å². The third-order valence-corrected chi connectivity index (χ3v) is 13.5. The molecule has 0 fully saturated rings. The van der Waals surface area contributed by atoms with Crippen molar-refractivity contribution in [2.24, 2.45) is 5.84 Å². The predicted octanol–water partition coefficient (Wildman–Crippen LogP) is 7.70. The van der Waals surface area contributed by atoms with E-state index in [9.17, 15) is 9.59 Å². The molecular weight excluding hydrogens is 1290 g/mol. The second-order valence-corrected chi connectivity index (χ2v) is 20.2. The Labute approximate surface area is 549 Å². The minimum absolute atomic E-state index is 0.0557. The predicted molar refractivity (Wildman–Crippen MR) is 343 cm³/mol. The van der Waals surface area contributed by atoms with Gasteiger partial charge in [-0.05, 0) is 18.6 Å². The third kappa shape index (κ3) is 21.5. The van der Waals surface area contributed by atoms with Gasteiger partial charge in [-0.25, -0.2) is 30.8 Å². The van der Waals surface area contributed by atoms with Gasteiger partial charge in [-0.2, -0.15) is 0 Å². The van der Waals surface area contributed by atoms with Crippen molar-refractivity contribution in [2.45, 2.75) is 13.3 Å². The van der Waals surface area contributed by atoms with E-state index in [1.54, 1.807) is 99.3 Å². The van der Waals surface area contributed by atoms with E-state index in [0.29, 0.717) is 202 Å². The molecule has 4 aromatic carbocycles. The summed E-state index contributed by atoms with van der Waals surface area (Å²) >= 11 is 24.0. The first-order chi connectivity index (χ1) is 44.6. The van der Waals surface area contributed by atoms with E-state index in [1.807, 2.05) is 17.4 Å². The molecule has 0 saturated heterocycles. The van der Waals surface area contributed by atoms with Gasteiger partial charge in [0.15, 0.2) is 78.1 Å². The summed E-state index contributed by atoms with van der Waals surface area (Å²) in [6.45, 7) is 8.52. The Morgan fingerprint density at radius 3 is 1.13 bits per heavy atom. The van der Waals surface area contributed by atoms with Crippen molar-refractivity contribution in [1.82, 2.24) is 39.5 Å². The van der Waals surface area contributed by atoms with Gasteiger partial charge in [-0.1, -0.05) is 46.4 Å². The zero-order valence-corrected chi connectivity index (χ0v) is 55.2. The number of rotatable bonds is 33. The van der Waals surface area contributed by atoms with Crippen LogP contribution in [0.3, 0.4) is 0 Å². The fourth-order valence-corrected chi connectivity index (χ4v) is 8.66. The number of carbonyl (C=O) groups excluding carboxylic acids is 2. The van der Waals surface area contributed by atoms with E-state index in [1.165, 1.54) is 0 Å². The highest BCUT2D eigenvalue weighted by molar-refractivity contribution is 6.42. The molecule has 0 unspecified atom stereocenters. The lowest BCUT2D eigenvalue weighted by atomic mass is 10.0. The average molecular weight is 1370 g/mol. The fourth-order valence-electron chi connectivity index (χ4n) is 8.00. The lowest BCUT2D eigenvalue weighted by molar-refractivity contribution is -0.134. The highest BCUT2D eigenvalue weighted by atomic mass is 35.5. The number of methoxy groups -OCH3 is 8. The molecule has 1 aliphatic heterocycles. The topological polar surface area (TPSA) is 327 Å². The molecule has 0 spiro atoms. The largest absolute Gasteiger partial charge is 0.487 e. The lowest BCUT2D eigenvalue weighted by Crippen LogP contribution is -2.29. The average Bonchev–Trinajstić information content (AvgIpc) is 1.50. The molecule has 29 nitrogen and oxygen atoms in total. The van der Waals surface area contributed by atoms with Crippen molar-refractivity contribution in [3.63, 3.8) is 0 Å². The highest BCUT2D eigenvalue weighted by Gasteiger charge is 2.26. The molecule has 0 bridgehead atoms. The lowest BCUT2D eigenvalue weighted by Gasteiger charge is -2.20. The summed E-state index contributed by atoms with van der Waals surface area (Å²) in [5.74, 6) is 9.56. The molecule has 5 heterocycles. The van der Waals surface area contributed by atoms with E-state index in [2.05, 4.69) is 45.9 Å². The summed E-state index contributed by atoms with van der Waals surface area (Å²) in [6, 6.07) is 13.9. The van der Waals surface area contributed by atoms with E-state index >= 15 is 0 Å². The van der Waals surface area contributed by atoms with Gasteiger partial charge in [0.25, 0.3) is 5.91 Å². The van der Waals surface area contributed by atoms with E-state index in [4.69, 9.17) is 128 Å². The van der Waals surface area contributed by atoms with Crippen LogP contribution in [0.25, 0.3) is 38.7 Å². The third-order valence-electron chi connectivity index (χ3n) is 12.4. The number of amides is 1. The van der Waals surface area contributed by atoms with Gasteiger partial charge in [0, 0.05) is 111 Å². The van der Waals surface area contributed by atoms with Gasteiger partial charge in [0.1, 0.15) is 58.7 Å². The number of anilines is 2. The van der Waals surface area contributed by atoms with E-state index in [-0.39, 0.29) is 32.9 Å². The minimum Gasteiger partial charge on any atom is -0.487 e. The number of hydrogen-bond acceptors (Lipinski definition) is 27. The van der Waals surface area contributed by atoms with Crippen molar-refractivity contribution >= 4 is 108 Å². The maximum atomic E-state index is 11.5. The zero-order chi connectivity index (χ0) is 66.4. The number of ketones is 1. The zero-order valence-electron chi connectivity index (χ0n) is 52.2. The first-order valence-electron chi connectivity index (χ1n) is 28.1. The molecule has 0 saturated carbocycles. The van der Waals surface area contributed by atoms with Crippen LogP contribution in [0.4, 0.5) is 11.5 Å². The SMILES string of the molecule is COCCOc1cc2c(cc1OCCOC)NC(=O)C(=O)C2.COCCOc1cc2nc(Cl)c(Cl)nc2cc1OCCOC.COCCOc1cc2nc(Cl)c(NN)nc2cc1OCCOC.COCCOc1cc2nc(Cl)c3nnc(C)n3c2cc1OCCOC. The molecule has 4 N–H and O–H groups in total. The Morgan fingerprint density at radius 1 is 0.424 bits per heavy atom. The Hall–Kier alpha value is -7.49. The maximum Gasteiger partial charge on any atom is 0.292 e. The Kier molecular flexibility index (Phi) is 31.3. The monoisotopic (exact) mass is 1360 g/mol. The molecule has 0 radical (unpaired) electrons. The van der Waals surface area contributed by atoms with Gasteiger partial charge in [0.2, 0.25) is 5.78 Å². The molecule has 500 valence electrons. The molecule has 33 heteroatoms. The normalized spacial score (nSPS) is 11.6. The molecule has 4 aromatic heterocycles. The number of aromatic nitrogens is 8. The first-order valence-corrected chi connectivity index (χ1v) is 29.6. The maximum absolute atomic E-state index is 11.5. The highest BCUT2D eigenvalue weighted by Crippen LogP contribution is 2.38. The van der Waals surface area contributed by atoms with Crippen molar-refractivity contribution in [2.75, 3.05) is 173 Å². The van der Waals surface area contributed by atoms with Crippen LogP contribution in [0, 0.1) is 6.92 Å². The summed E-state index contributed by atoms with van der Waals surface area (Å²) in [4.78, 5) is 44.3. The molecule has 92 heavy (non-hydrogen) atoms. The Balaban J connectivity index is 0.000000195. The summed E-state index contributed by atoms with van der Waals surface area (Å²) < 4.78 is 87.2. The minimum atomic E-state index is -0.608. The van der Waals surface area contributed by atoms with E-state index in [0.717, 1.165) is 5.52 Å². The van der Waals surface area contributed by atoms with Crippen LogP contribution >= 0.6 is 46.4 Å². The van der Waals surface area contributed by atoms with Crippen LogP contribution in [0.5, 0.6) is 46.0 Å². The Morgan fingerprint density at radius 2 is 0.750 bits per heavy atom. The number of fused-ring (bicyclic) bond motifs is 6. The number of benzene rings is 4. The smallest absolute Gasteiger partial charge is 0.292 e. The van der Waals surface area contributed by atoms with Crippen LogP contribution in [0.1, 0.15) is 11.4 Å². The summed E-state index contributed by atoms with van der Waals surface area (Å²) in [5.41, 5.74) is 7.91. The molecule has 8 aromatic rings. The summed E-state index contributed by atoms with van der Waals surface area (Å²) in [6.07, 6.45) is 0.0557. The number of Topliss-reactive ketones (excluding diaryl/α,β-unsaturated/α-hetero) is 1. The van der Waals surface area contributed by atoms with Crippen molar-refractivity contribution < 1.29 is 85.4 Å². The number of hydrazine groups is 1. The number of hydrogen-bond donors (Lipinski definition) is 3. The number of nitrogens with zero attached hydrogens (tertiary/aromatic N) is 8. The van der Waals surface area contributed by atoms with Crippen molar-refractivity contribution in [3.05, 3.63) is 80.5 Å². The molecular formula is C59H73Cl4N11O18. The number of nitrogen functional groups attached to an aromatic ring is 1. The number of nitrogens with two attached hydrogens (primary N) is 1. The summed E-state index contributed by atoms with van der Waals surface area (Å²) in [5, 5.41) is 11.4.